The molecule has 0 radical (unpaired) electrons. The van der Waals surface area contributed by atoms with E-state index in [9.17, 15) is 4.79 Å². The summed E-state index contributed by atoms with van der Waals surface area (Å²) >= 11 is 0. The molecule has 0 atom stereocenters. The Balaban J connectivity index is 1.91. The van der Waals surface area contributed by atoms with E-state index in [1.54, 1.807) is 0 Å². The maximum Gasteiger partial charge on any atom is 0.193 e. The van der Waals surface area contributed by atoms with E-state index in [0.29, 0.717) is 0 Å². The lowest BCUT2D eigenvalue weighted by atomic mass is 10.0. The lowest BCUT2D eigenvalue weighted by Crippen LogP contribution is -2.12. The predicted molar refractivity (Wildman–Crippen MR) is 98.6 cm³/mol. The minimum absolute atomic E-state index is 0.169. The molecular formula is C21H18N2O. The summed E-state index contributed by atoms with van der Waals surface area (Å²) in [4.78, 5) is 20.1. The maximum absolute atomic E-state index is 13.0. The fourth-order valence-corrected chi connectivity index (χ4v) is 4.00. The molecule has 0 amide bonds. The third-order valence-corrected chi connectivity index (χ3v) is 5.17. The molecule has 5 rings (SSSR count). The first kappa shape index (κ1) is 13.6. The molecule has 1 aliphatic carbocycles. The van der Waals surface area contributed by atoms with Gasteiger partial charge >= 0.3 is 0 Å². The van der Waals surface area contributed by atoms with Crippen molar-refractivity contribution in [1.29, 1.82) is 0 Å². The molecule has 3 heteroatoms. The predicted octanol–water partition coefficient (Wildman–Crippen LogP) is 4.47. The minimum Gasteiger partial charge on any atom is -0.353 e. The molecule has 3 nitrogen and oxygen atoms in total. The number of hydrogen-bond donors (Lipinski definition) is 2. The van der Waals surface area contributed by atoms with Crippen molar-refractivity contribution in [3.05, 3.63) is 69.4 Å². The summed E-state index contributed by atoms with van der Waals surface area (Å²) in [7, 11) is 0. The van der Waals surface area contributed by atoms with Crippen LogP contribution in [0, 0.1) is 6.92 Å². The molecule has 1 aliphatic rings. The molecule has 0 bridgehead atoms. The number of aryl methyl sites for hydroxylation is 2. The SMILES string of the molecule is Cc1ccc2[nH]c3c(c2c1)CCCc1c-3[nH]c2ccccc2c1=O. The van der Waals surface area contributed by atoms with Crippen molar-refractivity contribution in [2.75, 3.05) is 0 Å². The number of nitrogens with one attached hydrogen (secondary N) is 2. The number of rotatable bonds is 0. The Morgan fingerprint density at radius 1 is 0.833 bits per heavy atom. The number of aromatic amines is 2. The Kier molecular flexibility index (Phi) is 2.75. The van der Waals surface area contributed by atoms with E-state index in [0.717, 1.165) is 52.6 Å². The summed E-state index contributed by atoms with van der Waals surface area (Å²) in [6.45, 7) is 2.12. The lowest BCUT2D eigenvalue weighted by molar-refractivity contribution is 0.834. The zero-order valence-electron chi connectivity index (χ0n) is 13.6. The molecule has 2 aromatic heterocycles. The number of hydrogen-bond acceptors (Lipinski definition) is 1. The van der Waals surface area contributed by atoms with Crippen LogP contribution in [0.25, 0.3) is 33.2 Å². The molecular weight excluding hydrogens is 296 g/mol. The van der Waals surface area contributed by atoms with Gasteiger partial charge in [-0.15, -0.1) is 0 Å². The molecule has 2 aromatic carbocycles. The summed E-state index contributed by atoms with van der Waals surface area (Å²) in [6.07, 6.45) is 2.82. The molecule has 2 N–H and O–H groups in total. The monoisotopic (exact) mass is 314 g/mol. The van der Waals surface area contributed by atoms with E-state index in [1.165, 1.54) is 16.5 Å². The highest BCUT2D eigenvalue weighted by atomic mass is 16.1. The van der Waals surface area contributed by atoms with Crippen LogP contribution >= 0.6 is 0 Å². The molecule has 0 saturated carbocycles. The number of fused-ring (bicyclic) bond motifs is 6. The third kappa shape index (κ3) is 1.81. The van der Waals surface area contributed by atoms with Crippen molar-refractivity contribution in [3.8, 4) is 11.4 Å². The number of aromatic nitrogens is 2. The van der Waals surface area contributed by atoms with Gasteiger partial charge in [-0.3, -0.25) is 4.79 Å². The van der Waals surface area contributed by atoms with Crippen molar-refractivity contribution < 1.29 is 0 Å². The van der Waals surface area contributed by atoms with Gasteiger partial charge < -0.3 is 9.97 Å². The highest BCUT2D eigenvalue weighted by Gasteiger charge is 2.22. The van der Waals surface area contributed by atoms with Crippen molar-refractivity contribution in [3.63, 3.8) is 0 Å². The van der Waals surface area contributed by atoms with Gasteiger partial charge in [0.1, 0.15) is 0 Å². The van der Waals surface area contributed by atoms with E-state index in [2.05, 4.69) is 35.1 Å². The van der Waals surface area contributed by atoms with Crippen LogP contribution < -0.4 is 5.43 Å². The minimum atomic E-state index is 0.169. The number of pyridine rings is 1. The molecule has 4 aromatic rings. The van der Waals surface area contributed by atoms with Crippen LogP contribution in [0.3, 0.4) is 0 Å². The second kappa shape index (κ2) is 4.84. The molecule has 0 fully saturated rings. The highest BCUT2D eigenvalue weighted by molar-refractivity contribution is 5.93. The van der Waals surface area contributed by atoms with Crippen LogP contribution in [0.2, 0.25) is 0 Å². The maximum atomic E-state index is 13.0. The smallest absolute Gasteiger partial charge is 0.193 e. The van der Waals surface area contributed by atoms with Crippen LogP contribution in [0.4, 0.5) is 0 Å². The van der Waals surface area contributed by atoms with E-state index in [-0.39, 0.29) is 5.43 Å². The zero-order valence-corrected chi connectivity index (χ0v) is 13.6. The highest BCUT2D eigenvalue weighted by Crippen LogP contribution is 2.35. The van der Waals surface area contributed by atoms with Gasteiger partial charge in [-0.05, 0) is 56.0 Å². The standard InChI is InChI=1S/C21H18N2O/c1-12-9-10-18-16(11-12)13-6-4-7-15-20(19(13)23-18)22-17-8-3-2-5-14(17)21(15)24/h2-3,5,8-11,23H,4,6-7H2,1H3,(H,22,24). The van der Waals surface area contributed by atoms with Gasteiger partial charge in [0.25, 0.3) is 0 Å². The molecule has 118 valence electrons. The van der Waals surface area contributed by atoms with Gasteiger partial charge in [-0.1, -0.05) is 23.8 Å². The normalized spacial score (nSPS) is 13.7. The quantitative estimate of drug-likeness (QED) is 0.494. The Labute approximate surface area is 139 Å². The Bertz CT molecular complexity index is 1160. The first-order chi connectivity index (χ1) is 11.7. The van der Waals surface area contributed by atoms with E-state index in [4.69, 9.17) is 0 Å². The summed E-state index contributed by atoms with van der Waals surface area (Å²) in [5, 5.41) is 2.07. The van der Waals surface area contributed by atoms with Gasteiger partial charge in [0.15, 0.2) is 5.43 Å². The Morgan fingerprint density at radius 2 is 1.54 bits per heavy atom. The number of para-hydroxylation sites is 1. The van der Waals surface area contributed by atoms with Gasteiger partial charge in [-0.2, -0.15) is 0 Å². The van der Waals surface area contributed by atoms with Crippen LogP contribution in [0.1, 0.15) is 23.1 Å². The number of H-pyrrole nitrogens is 2. The summed E-state index contributed by atoms with van der Waals surface area (Å²) in [5.74, 6) is 0. The van der Waals surface area contributed by atoms with Crippen LogP contribution in [-0.4, -0.2) is 9.97 Å². The van der Waals surface area contributed by atoms with Crippen molar-refractivity contribution in [2.45, 2.75) is 26.2 Å². The van der Waals surface area contributed by atoms with E-state index in [1.807, 2.05) is 24.3 Å². The first-order valence-corrected chi connectivity index (χ1v) is 8.48. The van der Waals surface area contributed by atoms with Crippen molar-refractivity contribution >= 4 is 21.8 Å². The Hall–Kier alpha value is -2.81. The largest absolute Gasteiger partial charge is 0.353 e. The average molecular weight is 314 g/mol. The molecule has 0 spiro atoms. The molecule has 24 heavy (non-hydrogen) atoms. The molecule has 0 unspecified atom stereocenters. The second-order valence-corrected chi connectivity index (χ2v) is 6.73. The molecule has 0 saturated heterocycles. The van der Waals surface area contributed by atoms with Gasteiger partial charge in [-0.25, -0.2) is 0 Å². The third-order valence-electron chi connectivity index (χ3n) is 5.17. The summed E-state index contributed by atoms with van der Waals surface area (Å²) in [5.41, 5.74) is 7.79. The summed E-state index contributed by atoms with van der Waals surface area (Å²) in [6, 6.07) is 14.3. The van der Waals surface area contributed by atoms with Crippen LogP contribution in [0.5, 0.6) is 0 Å². The first-order valence-electron chi connectivity index (χ1n) is 8.48. The molecule has 2 heterocycles. The number of benzene rings is 2. The van der Waals surface area contributed by atoms with Crippen molar-refractivity contribution in [1.82, 2.24) is 9.97 Å². The van der Waals surface area contributed by atoms with E-state index < -0.39 is 0 Å². The summed E-state index contributed by atoms with van der Waals surface area (Å²) < 4.78 is 0. The zero-order chi connectivity index (χ0) is 16.3. The molecule has 0 aliphatic heterocycles. The lowest BCUT2D eigenvalue weighted by Gasteiger charge is -2.08. The van der Waals surface area contributed by atoms with Gasteiger partial charge in [0.2, 0.25) is 0 Å². The van der Waals surface area contributed by atoms with Crippen LogP contribution in [0.15, 0.2) is 47.3 Å². The van der Waals surface area contributed by atoms with E-state index >= 15 is 0 Å². The van der Waals surface area contributed by atoms with Crippen molar-refractivity contribution in [2.24, 2.45) is 0 Å². The van der Waals surface area contributed by atoms with Gasteiger partial charge in [0, 0.05) is 27.4 Å². The fourth-order valence-electron chi connectivity index (χ4n) is 4.00. The van der Waals surface area contributed by atoms with Crippen LogP contribution in [-0.2, 0) is 12.8 Å². The average Bonchev–Trinajstić information content (AvgIpc) is 2.84. The second-order valence-electron chi connectivity index (χ2n) is 6.73. The fraction of sp³-hybridized carbons (Fsp3) is 0.190. The Morgan fingerprint density at radius 3 is 2.42 bits per heavy atom. The van der Waals surface area contributed by atoms with Gasteiger partial charge in [0.05, 0.1) is 11.4 Å². The topological polar surface area (TPSA) is 48.6 Å².